The second-order valence-electron chi connectivity index (χ2n) is 8.70. The van der Waals surface area contributed by atoms with Crippen LogP contribution in [0.1, 0.15) is 35.6 Å². The summed E-state index contributed by atoms with van der Waals surface area (Å²) in [5.41, 5.74) is 4.65. The van der Waals surface area contributed by atoms with Gasteiger partial charge in [0.15, 0.2) is 5.11 Å². The van der Waals surface area contributed by atoms with Gasteiger partial charge in [-0.05, 0) is 79.8 Å². The predicted octanol–water partition coefficient (Wildman–Crippen LogP) is 5.32. The average Bonchev–Trinajstić information content (AvgIpc) is 3.44. The lowest BCUT2D eigenvalue weighted by molar-refractivity contribution is -0.116. The Morgan fingerprint density at radius 1 is 1.03 bits per heavy atom. The standard InChI is InChI=1S/C28H26FN5OS/c1-19-10-15-24(34(19)22-7-3-2-4-8-22)27-26(23-9-5-6-17-30-23)32-28(36)33(27)18-16-25(35)31-21-13-11-20(29)12-14-21/h2-15,17,26-27H,16,18H2,1H3,(H,31,35)(H,32,36)/t26-,27-/m1/s1. The molecule has 0 saturated carbocycles. The second-order valence-corrected chi connectivity index (χ2v) is 9.08. The number of aromatic nitrogens is 2. The molecule has 1 saturated heterocycles. The van der Waals surface area contributed by atoms with Crippen LogP contribution in [0.5, 0.6) is 0 Å². The van der Waals surface area contributed by atoms with Gasteiger partial charge in [-0.3, -0.25) is 9.78 Å². The molecule has 1 aliphatic heterocycles. The van der Waals surface area contributed by atoms with Gasteiger partial charge in [0.1, 0.15) is 5.82 Å². The molecule has 1 fully saturated rings. The topological polar surface area (TPSA) is 62.2 Å². The molecule has 0 bridgehead atoms. The summed E-state index contributed by atoms with van der Waals surface area (Å²) in [6, 6.07) is 25.6. The van der Waals surface area contributed by atoms with Crippen molar-refractivity contribution in [2.75, 3.05) is 11.9 Å². The van der Waals surface area contributed by atoms with Gasteiger partial charge in [-0.15, -0.1) is 0 Å². The molecular weight excluding hydrogens is 473 g/mol. The van der Waals surface area contributed by atoms with Crippen LogP contribution in [0.2, 0.25) is 0 Å². The molecule has 182 valence electrons. The maximum atomic E-state index is 13.2. The smallest absolute Gasteiger partial charge is 0.226 e. The lowest BCUT2D eigenvalue weighted by Gasteiger charge is -2.29. The van der Waals surface area contributed by atoms with Crippen molar-refractivity contribution < 1.29 is 9.18 Å². The summed E-state index contributed by atoms with van der Waals surface area (Å²) in [6.45, 7) is 2.49. The SMILES string of the molecule is Cc1ccc([C@@H]2[C@@H](c3ccccn3)NC(=S)N2CCC(=O)Nc2ccc(F)cc2)n1-c1ccccc1. The first-order valence-electron chi connectivity index (χ1n) is 11.8. The van der Waals surface area contributed by atoms with Crippen LogP contribution in [0.15, 0.2) is 91.1 Å². The van der Waals surface area contributed by atoms with Gasteiger partial charge in [0.25, 0.3) is 0 Å². The van der Waals surface area contributed by atoms with E-state index in [9.17, 15) is 9.18 Å². The van der Waals surface area contributed by atoms with Crippen LogP contribution in [0.4, 0.5) is 10.1 Å². The monoisotopic (exact) mass is 499 g/mol. The number of benzene rings is 2. The Labute approximate surface area is 214 Å². The number of hydrogen-bond donors (Lipinski definition) is 2. The third-order valence-corrected chi connectivity index (χ3v) is 6.68. The fraction of sp³-hybridized carbons (Fsp3) is 0.179. The lowest BCUT2D eigenvalue weighted by atomic mass is 10.0. The van der Waals surface area contributed by atoms with E-state index in [0.717, 1.165) is 22.8 Å². The minimum absolute atomic E-state index is 0.168. The molecule has 0 unspecified atom stereocenters. The van der Waals surface area contributed by atoms with Crippen LogP contribution in [0.3, 0.4) is 0 Å². The Morgan fingerprint density at radius 3 is 2.50 bits per heavy atom. The number of carbonyl (C=O) groups is 1. The van der Waals surface area contributed by atoms with Crippen LogP contribution in [0, 0.1) is 12.7 Å². The number of carbonyl (C=O) groups excluding carboxylic acids is 1. The number of anilines is 1. The van der Waals surface area contributed by atoms with E-state index >= 15 is 0 Å². The van der Waals surface area contributed by atoms with Gasteiger partial charge < -0.3 is 20.1 Å². The van der Waals surface area contributed by atoms with Gasteiger partial charge in [-0.25, -0.2) is 4.39 Å². The molecule has 1 aliphatic rings. The molecule has 0 spiro atoms. The summed E-state index contributed by atoms with van der Waals surface area (Å²) in [6.07, 6.45) is 1.99. The van der Waals surface area contributed by atoms with E-state index in [1.165, 1.54) is 12.1 Å². The Kier molecular flexibility index (Phi) is 6.77. The molecule has 3 heterocycles. The Bertz CT molecular complexity index is 1360. The van der Waals surface area contributed by atoms with Crippen molar-refractivity contribution in [1.82, 2.24) is 19.8 Å². The highest BCUT2D eigenvalue weighted by Gasteiger charge is 2.41. The summed E-state index contributed by atoms with van der Waals surface area (Å²) in [4.78, 5) is 19.4. The highest BCUT2D eigenvalue weighted by Crippen LogP contribution is 2.40. The summed E-state index contributed by atoms with van der Waals surface area (Å²) < 4.78 is 15.4. The Hall–Kier alpha value is -4.04. The quantitative estimate of drug-likeness (QED) is 0.337. The molecule has 8 heteroatoms. The number of rotatable bonds is 7. The third-order valence-electron chi connectivity index (χ3n) is 6.33. The van der Waals surface area contributed by atoms with Crippen molar-refractivity contribution in [3.05, 3.63) is 114 Å². The zero-order chi connectivity index (χ0) is 25.1. The maximum absolute atomic E-state index is 13.2. The lowest BCUT2D eigenvalue weighted by Crippen LogP contribution is -2.33. The highest BCUT2D eigenvalue weighted by molar-refractivity contribution is 7.80. The van der Waals surface area contributed by atoms with Crippen LogP contribution < -0.4 is 10.6 Å². The van der Waals surface area contributed by atoms with Crippen LogP contribution in [0.25, 0.3) is 5.69 Å². The first kappa shape index (κ1) is 23.7. The molecule has 5 rings (SSSR count). The van der Waals surface area contributed by atoms with E-state index in [-0.39, 0.29) is 30.2 Å². The zero-order valence-electron chi connectivity index (χ0n) is 19.8. The van der Waals surface area contributed by atoms with Crippen molar-refractivity contribution in [2.45, 2.75) is 25.4 Å². The first-order chi connectivity index (χ1) is 17.5. The van der Waals surface area contributed by atoms with Crippen LogP contribution in [-0.2, 0) is 4.79 Å². The highest BCUT2D eigenvalue weighted by atomic mass is 32.1. The predicted molar refractivity (Wildman–Crippen MR) is 142 cm³/mol. The average molecular weight is 500 g/mol. The molecule has 2 N–H and O–H groups in total. The van der Waals surface area contributed by atoms with Gasteiger partial charge in [-0.2, -0.15) is 0 Å². The molecule has 0 radical (unpaired) electrons. The van der Waals surface area contributed by atoms with Crippen molar-refractivity contribution in [3.63, 3.8) is 0 Å². The van der Waals surface area contributed by atoms with E-state index in [1.807, 2.05) is 36.4 Å². The van der Waals surface area contributed by atoms with Crippen LogP contribution in [-0.4, -0.2) is 32.0 Å². The van der Waals surface area contributed by atoms with Gasteiger partial charge in [0.2, 0.25) is 5.91 Å². The number of para-hydroxylation sites is 1. The number of pyridine rings is 1. The normalized spacial score (nSPS) is 17.2. The Balaban J connectivity index is 1.45. The van der Waals surface area contributed by atoms with Gasteiger partial charge in [0, 0.05) is 41.9 Å². The number of amides is 1. The van der Waals surface area contributed by atoms with Gasteiger partial charge in [0.05, 0.1) is 17.8 Å². The molecule has 2 atom stereocenters. The van der Waals surface area contributed by atoms with E-state index < -0.39 is 0 Å². The van der Waals surface area contributed by atoms with Crippen molar-refractivity contribution in [1.29, 1.82) is 0 Å². The second kappa shape index (κ2) is 10.3. The fourth-order valence-electron chi connectivity index (χ4n) is 4.67. The molecule has 1 amide bonds. The molecular formula is C28H26FN5OS. The summed E-state index contributed by atoms with van der Waals surface area (Å²) in [5, 5.41) is 6.85. The molecule has 0 aliphatic carbocycles. The number of thiocarbonyl (C=S) groups is 1. The van der Waals surface area contributed by atoms with E-state index in [4.69, 9.17) is 12.2 Å². The zero-order valence-corrected chi connectivity index (χ0v) is 20.6. The third kappa shape index (κ3) is 4.85. The van der Waals surface area contributed by atoms with Crippen LogP contribution >= 0.6 is 12.2 Å². The number of hydrogen-bond acceptors (Lipinski definition) is 3. The van der Waals surface area contributed by atoms with E-state index in [0.29, 0.717) is 17.3 Å². The Morgan fingerprint density at radius 2 is 1.78 bits per heavy atom. The number of nitrogens with zero attached hydrogens (tertiary/aromatic N) is 3. The summed E-state index contributed by atoms with van der Waals surface area (Å²) in [7, 11) is 0. The number of aryl methyl sites for hydroxylation is 1. The molecule has 36 heavy (non-hydrogen) atoms. The summed E-state index contributed by atoms with van der Waals surface area (Å²) >= 11 is 5.76. The van der Waals surface area contributed by atoms with Gasteiger partial charge in [-0.1, -0.05) is 24.3 Å². The van der Waals surface area contributed by atoms with E-state index in [1.54, 1.807) is 18.3 Å². The maximum Gasteiger partial charge on any atom is 0.226 e. The minimum Gasteiger partial charge on any atom is -0.352 e. The number of halogens is 1. The minimum atomic E-state index is -0.346. The fourth-order valence-corrected chi connectivity index (χ4v) is 5.00. The largest absolute Gasteiger partial charge is 0.352 e. The van der Waals surface area contributed by atoms with E-state index in [2.05, 4.69) is 56.3 Å². The first-order valence-corrected chi connectivity index (χ1v) is 12.2. The molecule has 2 aromatic heterocycles. The van der Waals surface area contributed by atoms with Crippen molar-refractivity contribution in [2.24, 2.45) is 0 Å². The summed E-state index contributed by atoms with van der Waals surface area (Å²) in [5.74, 6) is -0.513. The van der Waals surface area contributed by atoms with Crippen molar-refractivity contribution >= 4 is 28.9 Å². The van der Waals surface area contributed by atoms with Gasteiger partial charge >= 0.3 is 0 Å². The number of nitrogens with one attached hydrogen (secondary N) is 2. The molecule has 4 aromatic rings. The molecule has 6 nitrogen and oxygen atoms in total. The van der Waals surface area contributed by atoms with Crippen molar-refractivity contribution in [3.8, 4) is 5.69 Å². The molecule has 2 aromatic carbocycles.